The molecule has 1 aromatic rings. The summed E-state index contributed by atoms with van der Waals surface area (Å²) < 4.78 is 14.2. The molecule has 0 saturated carbocycles. The van der Waals surface area contributed by atoms with E-state index in [0.717, 1.165) is 31.5 Å². The monoisotopic (exact) mass is 280 g/mol. The minimum atomic E-state index is -0.288. The predicted molar refractivity (Wildman–Crippen MR) is 80.1 cm³/mol. The number of likely N-dealkylation sites (tertiary alicyclic amines) is 1. The van der Waals surface area contributed by atoms with Crippen LogP contribution in [0.5, 0.6) is 0 Å². The first-order valence-electron chi connectivity index (χ1n) is 7.43. The highest BCUT2D eigenvalue weighted by atomic mass is 19.1. The van der Waals surface area contributed by atoms with Crippen molar-refractivity contribution in [1.29, 1.82) is 0 Å². The van der Waals surface area contributed by atoms with Crippen LogP contribution in [0.15, 0.2) is 23.1 Å². The van der Waals surface area contributed by atoms with Gasteiger partial charge in [-0.3, -0.25) is 4.79 Å². The summed E-state index contributed by atoms with van der Waals surface area (Å²) in [6.45, 7) is 8.18. The number of alkyl halides is 1. The van der Waals surface area contributed by atoms with E-state index < -0.39 is 0 Å². The number of aromatic nitrogens is 1. The van der Waals surface area contributed by atoms with Gasteiger partial charge in [-0.2, -0.15) is 0 Å². The minimum absolute atomic E-state index is 0.129. The van der Waals surface area contributed by atoms with Gasteiger partial charge in [-0.05, 0) is 24.3 Å². The summed E-state index contributed by atoms with van der Waals surface area (Å²) in [5.74, 6) is 0. The minimum Gasteiger partial charge on any atom is -0.312 e. The molecule has 1 aromatic heterocycles. The average molecular weight is 280 g/mol. The maximum Gasteiger partial charge on any atom is 0.254 e. The molecule has 0 amide bonds. The SMILES string of the molecule is CC(C)(C)c1cccn(C2CCN(CCF)CC2)c1=O. The second-order valence-electron chi connectivity index (χ2n) is 6.65. The molecule has 0 aliphatic carbocycles. The van der Waals surface area contributed by atoms with Crippen molar-refractivity contribution in [1.82, 2.24) is 9.47 Å². The van der Waals surface area contributed by atoms with E-state index in [1.54, 1.807) is 0 Å². The molecule has 3 nitrogen and oxygen atoms in total. The standard InChI is InChI=1S/C16H25FN2O/c1-16(2,3)14-5-4-9-19(15(14)20)13-6-10-18(11-7-13)12-8-17/h4-5,9,13H,6-8,10-12H2,1-3H3. The lowest BCUT2D eigenvalue weighted by Crippen LogP contribution is -2.39. The van der Waals surface area contributed by atoms with E-state index in [2.05, 4.69) is 25.7 Å². The van der Waals surface area contributed by atoms with Crippen LogP contribution in [-0.4, -0.2) is 35.8 Å². The van der Waals surface area contributed by atoms with Crippen LogP contribution >= 0.6 is 0 Å². The van der Waals surface area contributed by atoms with E-state index in [1.165, 1.54) is 0 Å². The van der Waals surface area contributed by atoms with E-state index >= 15 is 0 Å². The summed E-state index contributed by atoms with van der Waals surface area (Å²) in [4.78, 5) is 14.7. The van der Waals surface area contributed by atoms with Gasteiger partial charge in [-0.15, -0.1) is 0 Å². The normalized spacial score (nSPS) is 18.4. The Morgan fingerprint density at radius 3 is 2.50 bits per heavy atom. The van der Waals surface area contributed by atoms with Crippen molar-refractivity contribution in [3.63, 3.8) is 0 Å². The molecule has 1 fully saturated rings. The van der Waals surface area contributed by atoms with Gasteiger partial charge in [0.15, 0.2) is 0 Å². The number of hydrogen-bond donors (Lipinski definition) is 0. The number of piperidine rings is 1. The molecule has 2 heterocycles. The van der Waals surface area contributed by atoms with E-state index in [4.69, 9.17) is 0 Å². The van der Waals surface area contributed by atoms with Crippen molar-refractivity contribution in [3.05, 3.63) is 34.2 Å². The third-order valence-corrected chi connectivity index (χ3v) is 4.13. The highest BCUT2D eigenvalue weighted by Gasteiger charge is 2.24. The fourth-order valence-electron chi connectivity index (χ4n) is 2.91. The van der Waals surface area contributed by atoms with E-state index in [1.807, 2.05) is 22.9 Å². The van der Waals surface area contributed by atoms with E-state index in [0.29, 0.717) is 6.54 Å². The Morgan fingerprint density at radius 2 is 1.95 bits per heavy atom. The van der Waals surface area contributed by atoms with Crippen LogP contribution < -0.4 is 5.56 Å². The lowest BCUT2D eigenvalue weighted by Gasteiger charge is -2.32. The van der Waals surface area contributed by atoms with Gasteiger partial charge in [0, 0.05) is 37.4 Å². The molecular formula is C16H25FN2O. The summed E-state index contributed by atoms with van der Waals surface area (Å²) >= 11 is 0. The molecule has 0 unspecified atom stereocenters. The van der Waals surface area contributed by atoms with Gasteiger partial charge in [0.1, 0.15) is 6.67 Å². The lowest BCUT2D eigenvalue weighted by atomic mass is 9.88. The molecular weight excluding hydrogens is 255 g/mol. The zero-order valence-corrected chi connectivity index (χ0v) is 12.7. The summed E-state index contributed by atoms with van der Waals surface area (Å²) in [5.41, 5.74) is 0.866. The van der Waals surface area contributed by atoms with Crippen molar-refractivity contribution in [2.75, 3.05) is 26.3 Å². The van der Waals surface area contributed by atoms with Gasteiger partial charge in [-0.1, -0.05) is 26.8 Å². The molecule has 2 rings (SSSR count). The van der Waals surface area contributed by atoms with Crippen molar-refractivity contribution in [2.24, 2.45) is 0 Å². The zero-order chi connectivity index (χ0) is 14.8. The second kappa shape index (κ2) is 6.08. The Kier molecular flexibility index (Phi) is 4.63. The van der Waals surface area contributed by atoms with Crippen molar-refractivity contribution < 1.29 is 4.39 Å². The van der Waals surface area contributed by atoms with Crippen LogP contribution in [0.3, 0.4) is 0 Å². The lowest BCUT2D eigenvalue weighted by molar-refractivity contribution is 0.173. The third kappa shape index (κ3) is 3.29. The van der Waals surface area contributed by atoms with Crippen molar-refractivity contribution in [2.45, 2.75) is 45.1 Å². The summed E-state index contributed by atoms with van der Waals surface area (Å²) in [7, 11) is 0. The van der Waals surface area contributed by atoms with Gasteiger partial charge in [0.2, 0.25) is 0 Å². The first kappa shape index (κ1) is 15.2. The summed E-state index contributed by atoms with van der Waals surface area (Å²) in [6.07, 6.45) is 3.74. The van der Waals surface area contributed by atoms with Gasteiger partial charge in [-0.25, -0.2) is 4.39 Å². The van der Waals surface area contributed by atoms with Gasteiger partial charge in [0.25, 0.3) is 5.56 Å². The highest BCUT2D eigenvalue weighted by Crippen LogP contribution is 2.23. The molecule has 1 aliphatic heterocycles. The Bertz CT molecular complexity index is 496. The number of halogens is 1. The molecule has 112 valence electrons. The first-order valence-corrected chi connectivity index (χ1v) is 7.43. The number of rotatable bonds is 3. The molecule has 0 atom stereocenters. The van der Waals surface area contributed by atoms with Crippen LogP contribution in [0.2, 0.25) is 0 Å². The highest BCUT2D eigenvalue weighted by molar-refractivity contribution is 5.19. The maximum absolute atomic E-state index is 12.6. The Morgan fingerprint density at radius 1 is 1.30 bits per heavy atom. The quantitative estimate of drug-likeness (QED) is 0.850. The molecule has 0 spiro atoms. The molecule has 0 radical (unpaired) electrons. The fraction of sp³-hybridized carbons (Fsp3) is 0.688. The molecule has 1 saturated heterocycles. The van der Waals surface area contributed by atoms with Crippen molar-refractivity contribution >= 4 is 0 Å². The van der Waals surface area contributed by atoms with Gasteiger partial charge in [0.05, 0.1) is 0 Å². The van der Waals surface area contributed by atoms with Crippen molar-refractivity contribution in [3.8, 4) is 0 Å². The number of pyridine rings is 1. The predicted octanol–water partition coefficient (Wildman–Crippen LogP) is 2.75. The van der Waals surface area contributed by atoms with E-state index in [9.17, 15) is 9.18 Å². The number of hydrogen-bond acceptors (Lipinski definition) is 2. The van der Waals surface area contributed by atoms with Crippen LogP contribution in [0.4, 0.5) is 4.39 Å². The summed E-state index contributed by atoms with van der Waals surface area (Å²) in [6, 6.07) is 4.15. The molecule has 1 aliphatic rings. The molecule has 0 bridgehead atoms. The zero-order valence-electron chi connectivity index (χ0n) is 12.7. The average Bonchev–Trinajstić information content (AvgIpc) is 2.39. The smallest absolute Gasteiger partial charge is 0.254 e. The van der Waals surface area contributed by atoms with E-state index in [-0.39, 0.29) is 23.7 Å². The molecule has 0 N–H and O–H groups in total. The maximum atomic E-state index is 12.6. The largest absolute Gasteiger partial charge is 0.312 e. The van der Waals surface area contributed by atoms with Crippen LogP contribution in [0.25, 0.3) is 0 Å². The fourth-order valence-corrected chi connectivity index (χ4v) is 2.91. The Labute approximate surface area is 120 Å². The van der Waals surface area contributed by atoms with Crippen LogP contribution in [0.1, 0.15) is 45.2 Å². The van der Waals surface area contributed by atoms with Gasteiger partial charge < -0.3 is 9.47 Å². The molecule has 20 heavy (non-hydrogen) atoms. The molecule has 4 heteroatoms. The van der Waals surface area contributed by atoms with Gasteiger partial charge >= 0.3 is 0 Å². The molecule has 0 aromatic carbocycles. The first-order chi connectivity index (χ1) is 9.43. The third-order valence-electron chi connectivity index (χ3n) is 4.13. The second-order valence-corrected chi connectivity index (χ2v) is 6.65. The Hall–Kier alpha value is -1.16. The van der Waals surface area contributed by atoms with Crippen LogP contribution in [0, 0.1) is 0 Å². The summed E-state index contributed by atoms with van der Waals surface area (Å²) in [5, 5.41) is 0. The Balaban J connectivity index is 2.17. The number of nitrogens with zero attached hydrogens (tertiary/aromatic N) is 2. The van der Waals surface area contributed by atoms with Crippen LogP contribution in [-0.2, 0) is 5.41 Å². The topological polar surface area (TPSA) is 25.2 Å².